The lowest BCUT2D eigenvalue weighted by atomic mass is 9.94. The van der Waals surface area contributed by atoms with E-state index in [1.165, 1.54) is 45.2 Å². The lowest BCUT2D eigenvalue weighted by Gasteiger charge is -2.29. The van der Waals surface area contributed by atoms with E-state index in [1.807, 2.05) is 19.2 Å². The molecule has 0 aromatic heterocycles. The Morgan fingerprint density at radius 3 is 2.53 bits per heavy atom. The van der Waals surface area contributed by atoms with Crippen LogP contribution in [0.15, 0.2) is 23.2 Å². The van der Waals surface area contributed by atoms with Gasteiger partial charge in [-0.1, -0.05) is 12.1 Å². The van der Waals surface area contributed by atoms with Crippen LogP contribution in [0.2, 0.25) is 0 Å². The highest BCUT2D eigenvalue weighted by Gasteiger charge is 2.21. The molecule has 1 saturated carbocycles. The molecule has 1 saturated heterocycles. The molecule has 7 heteroatoms. The molecule has 1 aliphatic carbocycles. The monoisotopic (exact) mass is 530 g/mol. The first kappa shape index (κ1) is 25.0. The standard InChI is InChI=1S/C23H38N4O2.HI/c1-24-23(25-14-11-18-12-15-27(2)16-13-18)26-17-19-7-6-10-21(28-3)22(19)29-20-8-4-5-9-20;/h6-7,10,18,20H,4-5,8-9,11-17H2,1-3H3,(H2,24,25,26);1H. The van der Waals surface area contributed by atoms with E-state index in [9.17, 15) is 0 Å². The van der Waals surface area contributed by atoms with Gasteiger partial charge in [0.05, 0.1) is 13.2 Å². The van der Waals surface area contributed by atoms with Crippen molar-refractivity contribution in [2.45, 2.75) is 57.6 Å². The number of hydrogen-bond acceptors (Lipinski definition) is 4. The van der Waals surface area contributed by atoms with Crippen molar-refractivity contribution < 1.29 is 9.47 Å². The van der Waals surface area contributed by atoms with Crippen molar-refractivity contribution in [3.05, 3.63) is 23.8 Å². The number of nitrogens with one attached hydrogen (secondary N) is 2. The van der Waals surface area contributed by atoms with Crippen LogP contribution in [0, 0.1) is 5.92 Å². The molecule has 1 heterocycles. The Morgan fingerprint density at radius 2 is 1.87 bits per heavy atom. The van der Waals surface area contributed by atoms with Gasteiger partial charge in [-0.2, -0.15) is 0 Å². The van der Waals surface area contributed by atoms with E-state index in [-0.39, 0.29) is 24.0 Å². The van der Waals surface area contributed by atoms with Crippen molar-refractivity contribution in [2.24, 2.45) is 10.9 Å². The van der Waals surface area contributed by atoms with E-state index in [2.05, 4.69) is 33.6 Å². The molecule has 0 radical (unpaired) electrons. The number of ether oxygens (including phenoxy) is 2. The molecule has 1 aliphatic heterocycles. The Kier molecular flexibility index (Phi) is 11.1. The third kappa shape index (κ3) is 7.48. The molecule has 0 spiro atoms. The predicted octanol–water partition coefficient (Wildman–Crippen LogP) is 4.03. The van der Waals surface area contributed by atoms with Crippen LogP contribution >= 0.6 is 24.0 Å². The van der Waals surface area contributed by atoms with E-state index in [4.69, 9.17) is 9.47 Å². The van der Waals surface area contributed by atoms with Gasteiger partial charge in [-0.15, -0.1) is 24.0 Å². The quantitative estimate of drug-likeness (QED) is 0.302. The molecule has 2 aliphatic rings. The number of piperidine rings is 1. The van der Waals surface area contributed by atoms with Gasteiger partial charge in [0, 0.05) is 25.7 Å². The fraction of sp³-hybridized carbons (Fsp3) is 0.696. The Morgan fingerprint density at radius 1 is 1.13 bits per heavy atom. The Hall–Kier alpha value is -1.22. The van der Waals surface area contributed by atoms with Crippen LogP contribution in [0.5, 0.6) is 11.5 Å². The van der Waals surface area contributed by atoms with Crippen molar-refractivity contribution in [3.63, 3.8) is 0 Å². The van der Waals surface area contributed by atoms with Crippen molar-refractivity contribution in [1.29, 1.82) is 0 Å². The summed E-state index contributed by atoms with van der Waals surface area (Å²) in [5.41, 5.74) is 1.11. The number of guanidine groups is 1. The molecule has 0 amide bonds. The fourth-order valence-electron chi connectivity index (χ4n) is 4.31. The number of hydrogen-bond donors (Lipinski definition) is 2. The number of rotatable bonds is 8. The molecule has 2 N–H and O–H groups in total. The van der Waals surface area contributed by atoms with E-state index < -0.39 is 0 Å². The van der Waals surface area contributed by atoms with Gasteiger partial charge in [-0.25, -0.2) is 0 Å². The number of aliphatic imine (C=N–C) groups is 1. The van der Waals surface area contributed by atoms with Gasteiger partial charge >= 0.3 is 0 Å². The van der Waals surface area contributed by atoms with Crippen LogP contribution in [0.3, 0.4) is 0 Å². The van der Waals surface area contributed by atoms with Crippen molar-refractivity contribution in [3.8, 4) is 11.5 Å². The van der Waals surface area contributed by atoms with Gasteiger partial charge in [0.25, 0.3) is 0 Å². The average molecular weight is 530 g/mol. The zero-order chi connectivity index (χ0) is 20.5. The molecular weight excluding hydrogens is 491 g/mol. The average Bonchev–Trinajstić information content (AvgIpc) is 3.26. The smallest absolute Gasteiger partial charge is 0.191 e. The van der Waals surface area contributed by atoms with Gasteiger partial charge in [-0.05, 0) is 77.1 Å². The molecule has 6 nitrogen and oxygen atoms in total. The van der Waals surface area contributed by atoms with E-state index >= 15 is 0 Å². The first-order valence-electron chi connectivity index (χ1n) is 11.1. The van der Waals surface area contributed by atoms with Crippen molar-refractivity contribution in [2.75, 3.05) is 40.8 Å². The first-order chi connectivity index (χ1) is 14.2. The SMILES string of the molecule is CN=C(NCCC1CCN(C)CC1)NCc1cccc(OC)c1OC1CCCC1.I. The number of halogens is 1. The minimum atomic E-state index is 0. The highest BCUT2D eigenvalue weighted by molar-refractivity contribution is 14.0. The van der Waals surface area contributed by atoms with E-state index in [1.54, 1.807) is 7.11 Å². The summed E-state index contributed by atoms with van der Waals surface area (Å²) in [6.45, 7) is 4.05. The molecule has 0 bridgehead atoms. The number of nitrogens with zero attached hydrogens (tertiary/aromatic N) is 2. The van der Waals surface area contributed by atoms with E-state index in [0.29, 0.717) is 12.6 Å². The zero-order valence-corrected chi connectivity index (χ0v) is 21.1. The zero-order valence-electron chi connectivity index (χ0n) is 18.8. The lowest BCUT2D eigenvalue weighted by Crippen LogP contribution is -2.38. The van der Waals surface area contributed by atoms with Gasteiger partial charge in [0.15, 0.2) is 17.5 Å². The molecule has 30 heavy (non-hydrogen) atoms. The molecule has 2 fully saturated rings. The number of benzene rings is 1. The number of methoxy groups -OCH3 is 1. The second kappa shape index (κ2) is 13.2. The number of para-hydroxylation sites is 1. The molecule has 170 valence electrons. The molecule has 1 aromatic carbocycles. The van der Waals surface area contributed by atoms with Gasteiger partial charge in [-0.3, -0.25) is 4.99 Å². The van der Waals surface area contributed by atoms with Crippen LogP contribution in [-0.2, 0) is 6.54 Å². The molecule has 0 unspecified atom stereocenters. The molecule has 0 atom stereocenters. The summed E-state index contributed by atoms with van der Waals surface area (Å²) >= 11 is 0. The summed E-state index contributed by atoms with van der Waals surface area (Å²) in [6, 6.07) is 6.10. The highest BCUT2D eigenvalue weighted by atomic mass is 127. The summed E-state index contributed by atoms with van der Waals surface area (Å²) in [5, 5.41) is 6.91. The molecular formula is C23H39IN4O2. The minimum absolute atomic E-state index is 0. The Bertz CT molecular complexity index is 657. The van der Waals surface area contributed by atoms with Crippen molar-refractivity contribution in [1.82, 2.24) is 15.5 Å². The Balaban J connectivity index is 0.00000320. The fourth-order valence-corrected chi connectivity index (χ4v) is 4.31. The summed E-state index contributed by atoms with van der Waals surface area (Å²) in [6.07, 6.45) is 8.87. The maximum atomic E-state index is 6.33. The largest absolute Gasteiger partial charge is 0.493 e. The topological polar surface area (TPSA) is 58.1 Å². The summed E-state index contributed by atoms with van der Waals surface area (Å²) in [5.74, 6) is 3.34. The number of likely N-dealkylation sites (tertiary alicyclic amines) is 1. The van der Waals surface area contributed by atoms with Crippen LogP contribution < -0.4 is 20.1 Å². The summed E-state index contributed by atoms with van der Waals surface area (Å²) < 4.78 is 11.9. The third-order valence-electron chi connectivity index (χ3n) is 6.22. The summed E-state index contributed by atoms with van der Waals surface area (Å²) in [4.78, 5) is 6.81. The first-order valence-corrected chi connectivity index (χ1v) is 11.1. The lowest BCUT2D eigenvalue weighted by molar-refractivity contribution is 0.198. The van der Waals surface area contributed by atoms with Gasteiger partial charge in [0.2, 0.25) is 0 Å². The van der Waals surface area contributed by atoms with Crippen LogP contribution in [0.1, 0.15) is 50.5 Å². The second-order valence-electron chi connectivity index (χ2n) is 8.36. The van der Waals surface area contributed by atoms with Crippen LogP contribution in [0.25, 0.3) is 0 Å². The normalized spacial score (nSPS) is 18.7. The van der Waals surface area contributed by atoms with E-state index in [0.717, 1.165) is 48.3 Å². The molecule has 1 aromatic rings. The van der Waals surface area contributed by atoms with Crippen LogP contribution in [-0.4, -0.2) is 57.8 Å². The van der Waals surface area contributed by atoms with Crippen molar-refractivity contribution >= 4 is 29.9 Å². The maximum Gasteiger partial charge on any atom is 0.191 e. The van der Waals surface area contributed by atoms with Crippen LogP contribution in [0.4, 0.5) is 0 Å². The molecule has 3 rings (SSSR count). The minimum Gasteiger partial charge on any atom is -0.493 e. The predicted molar refractivity (Wildman–Crippen MR) is 134 cm³/mol. The Labute approximate surface area is 199 Å². The summed E-state index contributed by atoms with van der Waals surface area (Å²) in [7, 11) is 5.74. The van der Waals surface area contributed by atoms with Gasteiger partial charge < -0.3 is 25.0 Å². The third-order valence-corrected chi connectivity index (χ3v) is 6.22. The van der Waals surface area contributed by atoms with Gasteiger partial charge in [0.1, 0.15) is 0 Å². The highest BCUT2D eigenvalue weighted by Crippen LogP contribution is 2.34. The second-order valence-corrected chi connectivity index (χ2v) is 8.36. The maximum absolute atomic E-state index is 6.33.